The number of rotatable bonds is 5. The van der Waals surface area contributed by atoms with Crippen LogP contribution in [0.2, 0.25) is 0 Å². The number of hydrogen-bond donors (Lipinski definition) is 0. The van der Waals surface area contributed by atoms with Crippen LogP contribution < -0.4 is 4.90 Å². The average molecular weight is 336 g/mol. The average Bonchev–Trinajstić information content (AvgIpc) is 2.55. The molecule has 3 rings (SSSR count). The van der Waals surface area contributed by atoms with Crippen LogP contribution in [-0.2, 0) is 27.7 Å². The second-order valence-corrected chi connectivity index (χ2v) is 8.46. The highest BCUT2D eigenvalue weighted by Gasteiger charge is 2.32. The van der Waals surface area contributed by atoms with Crippen molar-refractivity contribution in [2.45, 2.75) is 50.3 Å². The van der Waals surface area contributed by atoms with Crippen molar-refractivity contribution >= 4 is 21.6 Å². The number of amides is 1. The SMILES string of the molecule is CCCCN(C)S(=O)(=O)c1cc2c3c(c1)CCC(=O)N3CCC2. The van der Waals surface area contributed by atoms with E-state index >= 15 is 0 Å². The number of carbonyl (C=O) groups is 1. The van der Waals surface area contributed by atoms with Gasteiger partial charge in [0.25, 0.3) is 0 Å². The lowest BCUT2D eigenvalue weighted by Crippen LogP contribution is -2.39. The molecule has 2 aliphatic heterocycles. The summed E-state index contributed by atoms with van der Waals surface area (Å²) < 4.78 is 27.0. The van der Waals surface area contributed by atoms with E-state index in [2.05, 4.69) is 6.92 Å². The van der Waals surface area contributed by atoms with E-state index in [-0.39, 0.29) is 5.91 Å². The van der Waals surface area contributed by atoms with Crippen LogP contribution in [-0.4, -0.2) is 38.8 Å². The van der Waals surface area contributed by atoms with Gasteiger partial charge in [0.05, 0.1) is 10.6 Å². The Morgan fingerprint density at radius 3 is 2.57 bits per heavy atom. The van der Waals surface area contributed by atoms with E-state index in [1.165, 1.54) is 4.31 Å². The van der Waals surface area contributed by atoms with Crippen LogP contribution in [0.4, 0.5) is 5.69 Å². The van der Waals surface area contributed by atoms with Gasteiger partial charge in [0.15, 0.2) is 0 Å². The molecule has 0 fully saturated rings. The zero-order valence-corrected chi connectivity index (χ0v) is 14.7. The van der Waals surface area contributed by atoms with E-state index in [4.69, 9.17) is 0 Å². The summed E-state index contributed by atoms with van der Waals surface area (Å²) in [6, 6.07) is 3.56. The fraction of sp³-hybridized carbons (Fsp3) is 0.588. The van der Waals surface area contributed by atoms with Crippen LogP contribution in [0.15, 0.2) is 17.0 Å². The molecule has 126 valence electrons. The Labute approximate surface area is 138 Å². The van der Waals surface area contributed by atoms with Crippen LogP contribution in [0.3, 0.4) is 0 Å². The highest BCUT2D eigenvalue weighted by molar-refractivity contribution is 7.89. The minimum atomic E-state index is -3.45. The summed E-state index contributed by atoms with van der Waals surface area (Å²) in [5.41, 5.74) is 2.98. The molecule has 0 unspecified atom stereocenters. The number of nitrogens with zero attached hydrogens (tertiary/aromatic N) is 2. The van der Waals surface area contributed by atoms with Crippen LogP contribution in [0, 0.1) is 0 Å². The molecule has 1 aromatic carbocycles. The number of hydrogen-bond acceptors (Lipinski definition) is 3. The maximum atomic E-state index is 12.8. The summed E-state index contributed by atoms with van der Waals surface area (Å²) in [5.74, 6) is 0.161. The van der Waals surface area contributed by atoms with Crippen molar-refractivity contribution in [1.82, 2.24) is 4.31 Å². The molecule has 5 nitrogen and oxygen atoms in total. The largest absolute Gasteiger partial charge is 0.312 e. The zero-order chi connectivity index (χ0) is 16.6. The van der Waals surface area contributed by atoms with Gasteiger partial charge in [0, 0.05) is 26.6 Å². The number of unbranched alkanes of at least 4 members (excludes halogenated alkanes) is 1. The molecule has 0 saturated carbocycles. The summed E-state index contributed by atoms with van der Waals surface area (Å²) in [4.78, 5) is 14.3. The number of benzene rings is 1. The lowest BCUT2D eigenvalue weighted by atomic mass is 9.92. The molecule has 0 atom stereocenters. The highest BCUT2D eigenvalue weighted by atomic mass is 32.2. The molecule has 0 bridgehead atoms. The van der Waals surface area contributed by atoms with Crippen LogP contribution in [0.5, 0.6) is 0 Å². The predicted octanol–water partition coefficient (Wildman–Crippen LogP) is 2.33. The fourth-order valence-electron chi connectivity index (χ4n) is 3.45. The van der Waals surface area contributed by atoms with E-state index in [0.717, 1.165) is 49.0 Å². The second kappa shape index (κ2) is 6.24. The smallest absolute Gasteiger partial charge is 0.242 e. The van der Waals surface area contributed by atoms with Crippen molar-refractivity contribution in [3.63, 3.8) is 0 Å². The van der Waals surface area contributed by atoms with Gasteiger partial charge in [-0.25, -0.2) is 12.7 Å². The molecular weight excluding hydrogens is 312 g/mol. The van der Waals surface area contributed by atoms with Crippen LogP contribution >= 0.6 is 0 Å². The molecule has 0 aromatic heterocycles. The fourth-order valence-corrected chi connectivity index (χ4v) is 4.76. The van der Waals surface area contributed by atoms with E-state index in [9.17, 15) is 13.2 Å². The molecule has 6 heteroatoms. The number of carbonyl (C=O) groups excluding carboxylic acids is 1. The molecule has 0 radical (unpaired) electrons. The van der Waals surface area contributed by atoms with Crippen LogP contribution in [0.25, 0.3) is 0 Å². The van der Waals surface area contributed by atoms with Crippen molar-refractivity contribution in [2.24, 2.45) is 0 Å². The van der Waals surface area contributed by atoms with Crippen molar-refractivity contribution < 1.29 is 13.2 Å². The van der Waals surface area contributed by atoms with Gasteiger partial charge in [-0.05, 0) is 48.9 Å². The Morgan fingerprint density at radius 2 is 1.87 bits per heavy atom. The molecule has 0 aliphatic carbocycles. The molecule has 0 spiro atoms. The molecule has 2 aliphatic rings. The van der Waals surface area contributed by atoms with Gasteiger partial charge in [0.2, 0.25) is 15.9 Å². The van der Waals surface area contributed by atoms with Gasteiger partial charge in [0.1, 0.15) is 0 Å². The van der Waals surface area contributed by atoms with Gasteiger partial charge < -0.3 is 4.90 Å². The molecule has 0 saturated heterocycles. The molecule has 2 heterocycles. The normalized spacial score (nSPS) is 17.5. The Bertz CT molecular complexity index is 710. The Balaban J connectivity index is 2.02. The topological polar surface area (TPSA) is 57.7 Å². The summed E-state index contributed by atoms with van der Waals surface area (Å²) in [6.07, 6.45) is 4.67. The number of sulfonamides is 1. The maximum absolute atomic E-state index is 12.8. The standard InChI is InChI=1S/C17H24N2O3S/c1-3-4-9-18(2)23(21,22)15-11-13-6-5-10-19-16(20)8-7-14(12-15)17(13)19/h11-12H,3-10H2,1-2H3. The Kier molecular flexibility index (Phi) is 4.47. The maximum Gasteiger partial charge on any atom is 0.242 e. The van der Waals surface area contributed by atoms with Gasteiger partial charge in [-0.2, -0.15) is 0 Å². The first-order valence-electron chi connectivity index (χ1n) is 8.37. The first kappa shape index (κ1) is 16.5. The predicted molar refractivity (Wildman–Crippen MR) is 90.2 cm³/mol. The molecule has 1 amide bonds. The van der Waals surface area contributed by atoms with E-state index < -0.39 is 10.0 Å². The monoisotopic (exact) mass is 336 g/mol. The Hall–Kier alpha value is -1.40. The van der Waals surface area contributed by atoms with E-state index in [0.29, 0.717) is 24.3 Å². The number of aryl methyl sites for hydroxylation is 2. The lowest BCUT2D eigenvalue weighted by molar-refractivity contribution is -0.119. The summed E-state index contributed by atoms with van der Waals surface area (Å²) in [7, 11) is -1.81. The molecular formula is C17H24N2O3S. The first-order chi connectivity index (χ1) is 10.9. The third-order valence-corrected chi connectivity index (χ3v) is 6.62. The van der Waals surface area contributed by atoms with Crippen molar-refractivity contribution in [3.8, 4) is 0 Å². The van der Waals surface area contributed by atoms with Crippen molar-refractivity contribution in [2.75, 3.05) is 25.0 Å². The van der Waals surface area contributed by atoms with Crippen LogP contribution in [0.1, 0.15) is 43.7 Å². The van der Waals surface area contributed by atoms with E-state index in [1.807, 2.05) is 4.90 Å². The molecule has 23 heavy (non-hydrogen) atoms. The summed E-state index contributed by atoms with van der Waals surface area (Å²) in [6.45, 7) is 3.34. The highest BCUT2D eigenvalue weighted by Crippen LogP contribution is 2.37. The third kappa shape index (κ3) is 2.90. The van der Waals surface area contributed by atoms with Gasteiger partial charge in [-0.15, -0.1) is 0 Å². The van der Waals surface area contributed by atoms with E-state index in [1.54, 1.807) is 19.2 Å². The second-order valence-electron chi connectivity index (χ2n) is 6.42. The molecule has 1 aromatic rings. The Morgan fingerprint density at radius 1 is 1.17 bits per heavy atom. The lowest BCUT2D eigenvalue weighted by Gasteiger charge is -2.35. The number of anilines is 1. The van der Waals surface area contributed by atoms with Gasteiger partial charge in [-0.1, -0.05) is 13.3 Å². The van der Waals surface area contributed by atoms with Gasteiger partial charge >= 0.3 is 0 Å². The minimum Gasteiger partial charge on any atom is -0.312 e. The quantitative estimate of drug-likeness (QED) is 0.829. The molecule has 0 N–H and O–H groups in total. The van der Waals surface area contributed by atoms with Gasteiger partial charge in [-0.3, -0.25) is 4.79 Å². The first-order valence-corrected chi connectivity index (χ1v) is 9.81. The summed E-state index contributed by atoms with van der Waals surface area (Å²) in [5, 5.41) is 0. The van der Waals surface area contributed by atoms with Crippen molar-refractivity contribution in [3.05, 3.63) is 23.3 Å². The van der Waals surface area contributed by atoms with Crippen molar-refractivity contribution in [1.29, 1.82) is 0 Å². The summed E-state index contributed by atoms with van der Waals surface area (Å²) >= 11 is 0. The minimum absolute atomic E-state index is 0.161. The zero-order valence-electron chi connectivity index (χ0n) is 13.8. The third-order valence-electron chi connectivity index (χ3n) is 4.78.